The quantitative estimate of drug-likeness (QED) is 0.912. The predicted octanol–water partition coefficient (Wildman–Crippen LogP) is 2.21. The van der Waals surface area contributed by atoms with Crippen molar-refractivity contribution in [1.29, 1.82) is 0 Å². The number of nitrogens with zero attached hydrogens (tertiary/aromatic N) is 3. The van der Waals surface area contributed by atoms with Crippen LogP contribution in [0.5, 0.6) is 0 Å². The number of anilines is 1. The van der Waals surface area contributed by atoms with Crippen LogP contribution < -0.4 is 10.2 Å². The molecule has 1 aliphatic heterocycles. The van der Waals surface area contributed by atoms with Crippen LogP contribution >= 0.6 is 11.6 Å². The van der Waals surface area contributed by atoms with Gasteiger partial charge < -0.3 is 10.2 Å². The van der Waals surface area contributed by atoms with Crippen LogP contribution in [0.25, 0.3) is 11.3 Å². The van der Waals surface area contributed by atoms with Crippen molar-refractivity contribution in [1.82, 2.24) is 15.3 Å². The first kappa shape index (κ1) is 12.4. The highest BCUT2D eigenvalue weighted by atomic mass is 35.5. The maximum absolute atomic E-state index is 5.94. The lowest BCUT2D eigenvalue weighted by molar-refractivity contribution is 0.588. The Balaban J connectivity index is 1.98. The zero-order valence-corrected chi connectivity index (χ0v) is 11.3. The van der Waals surface area contributed by atoms with Crippen molar-refractivity contribution in [3.8, 4) is 11.3 Å². The van der Waals surface area contributed by atoms with Gasteiger partial charge in [0.1, 0.15) is 6.33 Å². The highest BCUT2D eigenvalue weighted by molar-refractivity contribution is 6.30. The van der Waals surface area contributed by atoms with E-state index in [0.29, 0.717) is 0 Å². The van der Waals surface area contributed by atoms with Gasteiger partial charge >= 0.3 is 0 Å². The largest absolute Gasteiger partial charge is 0.366 e. The molecule has 1 N–H and O–H groups in total. The van der Waals surface area contributed by atoms with Crippen molar-refractivity contribution < 1.29 is 0 Å². The van der Waals surface area contributed by atoms with Crippen LogP contribution in [0.3, 0.4) is 0 Å². The van der Waals surface area contributed by atoms with Crippen molar-refractivity contribution in [2.24, 2.45) is 0 Å². The molecule has 0 amide bonds. The highest BCUT2D eigenvalue weighted by Gasteiger charge is 2.16. The number of halogens is 1. The molecule has 0 atom stereocenters. The lowest BCUT2D eigenvalue weighted by atomic mass is 10.1. The Bertz CT molecular complexity index is 550. The van der Waals surface area contributed by atoms with Crippen LogP contribution in [0.15, 0.2) is 36.8 Å². The Morgan fingerprint density at radius 2 is 1.84 bits per heavy atom. The minimum Gasteiger partial charge on any atom is -0.366 e. The molecule has 2 heterocycles. The van der Waals surface area contributed by atoms with Crippen molar-refractivity contribution >= 4 is 17.3 Å². The predicted molar refractivity (Wildman–Crippen MR) is 77.6 cm³/mol. The molecule has 1 aromatic heterocycles. The SMILES string of the molecule is Clc1ccc(-c2ncncc2N2CCNCC2)cc1. The van der Waals surface area contributed by atoms with Gasteiger partial charge in [-0.3, -0.25) is 0 Å². The van der Waals surface area contributed by atoms with Crippen molar-refractivity contribution in [3.05, 3.63) is 41.8 Å². The second-order valence-electron chi connectivity index (χ2n) is 4.50. The summed E-state index contributed by atoms with van der Waals surface area (Å²) in [6.45, 7) is 3.95. The van der Waals surface area contributed by atoms with E-state index in [-0.39, 0.29) is 0 Å². The summed E-state index contributed by atoms with van der Waals surface area (Å²) in [5.74, 6) is 0. The normalized spacial score (nSPS) is 15.5. The summed E-state index contributed by atoms with van der Waals surface area (Å²) in [7, 11) is 0. The molecule has 0 bridgehead atoms. The average Bonchev–Trinajstić information content (AvgIpc) is 2.49. The highest BCUT2D eigenvalue weighted by Crippen LogP contribution is 2.28. The van der Waals surface area contributed by atoms with Crippen molar-refractivity contribution in [2.45, 2.75) is 0 Å². The van der Waals surface area contributed by atoms with Crippen LogP contribution in [-0.4, -0.2) is 36.1 Å². The third-order valence-corrected chi connectivity index (χ3v) is 3.52. The first-order valence-electron chi connectivity index (χ1n) is 6.36. The van der Waals surface area contributed by atoms with Gasteiger partial charge in [-0.25, -0.2) is 9.97 Å². The molecule has 1 aliphatic rings. The fraction of sp³-hybridized carbons (Fsp3) is 0.286. The Hall–Kier alpha value is -1.65. The smallest absolute Gasteiger partial charge is 0.116 e. The van der Waals surface area contributed by atoms with Gasteiger partial charge in [-0.1, -0.05) is 23.7 Å². The second-order valence-corrected chi connectivity index (χ2v) is 4.94. The van der Waals surface area contributed by atoms with Crippen molar-refractivity contribution in [3.63, 3.8) is 0 Å². The fourth-order valence-corrected chi connectivity index (χ4v) is 2.42. The van der Waals surface area contributed by atoms with E-state index in [1.807, 2.05) is 30.5 Å². The molecule has 0 radical (unpaired) electrons. The topological polar surface area (TPSA) is 41.1 Å². The summed E-state index contributed by atoms with van der Waals surface area (Å²) in [4.78, 5) is 10.9. The van der Waals surface area contributed by atoms with E-state index in [4.69, 9.17) is 11.6 Å². The van der Waals surface area contributed by atoms with E-state index in [1.165, 1.54) is 0 Å². The van der Waals surface area contributed by atoms with Gasteiger partial charge in [-0.2, -0.15) is 0 Å². The van der Waals surface area contributed by atoms with Gasteiger partial charge in [-0.05, 0) is 12.1 Å². The Kier molecular flexibility index (Phi) is 3.62. The zero-order valence-electron chi connectivity index (χ0n) is 10.5. The molecule has 19 heavy (non-hydrogen) atoms. The molecule has 1 aromatic carbocycles. The molecule has 98 valence electrons. The van der Waals surface area contributed by atoms with E-state index in [9.17, 15) is 0 Å². The Labute approximate surface area is 117 Å². The van der Waals surface area contributed by atoms with Gasteiger partial charge in [-0.15, -0.1) is 0 Å². The van der Waals surface area contributed by atoms with E-state index >= 15 is 0 Å². The summed E-state index contributed by atoms with van der Waals surface area (Å²) in [5, 5.41) is 4.09. The lowest BCUT2D eigenvalue weighted by Gasteiger charge is -2.30. The number of hydrogen-bond acceptors (Lipinski definition) is 4. The van der Waals surface area contributed by atoms with Crippen LogP contribution in [0.1, 0.15) is 0 Å². The molecular weight excluding hydrogens is 260 g/mol. The molecule has 2 aromatic rings. The molecule has 0 unspecified atom stereocenters. The molecule has 0 spiro atoms. The van der Waals surface area contributed by atoms with Crippen LogP contribution in [0.2, 0.25) is 5.02 Å². The maximum atomic E-state index is 5.94. The number of hydrogen-bond donors (Lipinski definition) is 1. The molecule has 0 saturated carbocycles. The number of rotatable bonds is 2. The van der Waals surface area contributed by atoms with Crippen LogP contribution in [-0.2, 0) is 0 Å². The molecule has 4 nitrogen and oxygen atoms in total. The number of piperazine rings is 1. The van der Waals surface area contributed by atoms with Crippen molar-refractivity contribution in [2.75, 3.05) is 31.1 Å². The van der Waals surface area contributed by atoms with Crippen LogP contribution in [0.4, 0.5) is 5.69 Å². The van der Waals surface area contributed by atoms with E-state index in [0.717, 1.165) is 48.1 Å². The maximum Gasteiger partial charge on any atom is 0.116 e. The van der Waals surface area contributed by atoms with E-state index in [1.54, 1.807) is 6.33 Å². The molecule has 1 saturated heterocycles. The minimum atomic E-state index is 0.738. The summed E-state index contributed by atoms with van der Waals surface area (Å²) >= 11 is 5.94. The van der Waals surface area contributed by atoms with Crippen LogP contribution in [0, 0.1) is 0 Å². The third kappa shape index (κ3) is 2.69. The molecule has 0 aliphatic carbocycles. The first-order chi connectivity index (χ1) is 9.34. The zero-order chi connectivity index (χ0) is 13.1. The number of aromatic nitrogens is 2. The summed E-state index contributed by atoms with van der Waals surface area (Å²) < 4.78 is 0. The number of benzene rings is 1. The Morgan fingerprint density at radius 3 is 2.58 bits per heavy atom. The number of nitrogens with one attached hydrogen (secondary N) is 1. The molecular formula is C14H15ClN4. The fourth-order valence-electron chi connectivity index (χ4n) is 2.29. The second kappa shape index (κ2) is 5.55. The summed E-state index contributed by atoms with van der Waals surface area (Å²) in [6, 6.07) is 7.77. The first-order valence-corrected chi connectivity index (χ1v) is 6.74. The molecule has 5 heteroatoms. The van der Waals surface area contributed by atoms with Gasteiger partial charge in [0.05, 0.1) is 17.6 Å². The van der Waals surface area contributed by atoms with Gasteiger partial charge in [0.2, 0.25) is 0 Å². The molecule has 1 fully saturated rings. The van der Waals surface area contributed by atoms with E-state index < -0.39 is 0 Å². The standard InChI is InChI=1S/C14H15ClN4/c15-12-3-1-11(2-4-12)14-13(9-17-10-18-14)19-7-5-16-6-8-19/h1-4,9-10,16H,5-8H2. The summed E-state index contributed by atoms with van der Waals surface area (Å²) in [6.07, 6.45) is 3.48. The average molecular weight is 275 g/mol. The summed E-state index contributed by atoms with van der Waals surface area (Å²) in [5.41, 5.74) is 3.13. The van der Waals surface area contributed by atoms with Gasteiger partial charge in [0.25, 0.3) is 0 Å². The molecule has 3 rings (SSSR count). The monoisotopic (exact) mass is 274 g/mol. The lowest BCUT2D eigenvalue weighted by Crippen LogP contribution is -2.43. The minimum absolute atomic E-state index is 0.738. The van der Waals surface area contributed by atoms with Gasteiger partial charge in [0.15, 0.2) is 0 Å². The third-order valence-electron chi connectivity index (χ3n) is 3.27. The Morgan fingerprint density at radius 1 is 1.11 bits per heavy atom. The van der Waals surface area contributed by atoms with Gasteiger partial charge in [0, 0.05) is 36.8 Å². The van der Waals surface area contributed by atoms with E-state index in [2.05, 4.69) is 20.2 Å².